The van der Waals surface area contributed by atoms with E-state index in [1.807, 2.05) is 6.92 Å². The molecule has 0 radical (unpaired) electrons. The van der Waals surface area contributed by atoms with Crippen molar-refractivity contribution in [2.24, 2.45) is 0 Å². The van der Waals surface area contributed by atoms with Crippen LogP contribution >= 0.6 is 0 Å². The Kier molecular flexibility index (Phi) is 4.48. The summed E-state index contributed by atoms with van der Waals surface area (Å²) in [6.45, 7) is 9.41. The Labute approximate surface area is 121 Å². The molecule has 0 saturated heterocycles. The molecule has 0 atom stereocenters. The molecule has 2 rings (SSSR count). The summed E-state index contributed by atoms with van der Waals surface area (Å²) in [5.74, 6) is 2.88. The average molecular weight is 278 g/mol. The fraction of sp³-hybridized carbons (Fsp3) is 0.733. The van der Waals surface area contributed by atoms with E-state index in [2.05, 4.69) is 41.4 Å². The van der Waals surface area contributed by atoms with Gasteiger partial charge in [0.1, 0.15) is 17.5 Å². The van der Waals surface area contributed by atoms with Crippen molar-refractivity contribution in [3.63, 3.8) is 0 Å². The Morgan fingerprint density at radius 3 is 2.40 bits per heavy atom. The average Bonchev–Trinajstić information content (AvgIpc) is 3.20. The fourth-order valence-electron chi connectivity index (χ4n) is 2.05. The maximum atomic E-state index is 9.48. The van der Waals surface area contributed by atoms with E-state index in [9.17, 15) is 5.11 Å². The standard InChI is InChI=1S/C15H26N4O/c1-5-8-16-13-11(4)14(18-12(17-13)10(2)3)19-15(9-20)6-7-15/h10,20H,5-9H2,1-4H3,(H2,16,17,18,19). The van der Waals surface area contributed by atoms with E-state index in [1.165, 1.54) is 0 Å². The zero-order valence-electron chi connectivity index (χ0n) is 13.0. The maximum absolute atomic E-state index is 9.48. The number of rotatable bonds is 7. The van der Waals surface area contributed by atoms with Gasteiger partial charge in [-0.2, -0.15) is 0 Å². The first kappa shape index (κ1) is 15.0. The summed E-state index contributed by atoms with van der Waals surface area (Å²) >= 11 is 0. The second kappa shape index (κ2) is 5.95. The Bertz CT molecular complexity index is 469. The number of aliphatic hydroxyl groups excluding tert-OH is 1. The number of nitrogens with zero attached hydrogens (tertiary/aromatic N) is 2. The second-order valence-electron chi connectivity index (χ2n) is 6.05. The molecule has 1 aliphatic carbocycles. The van der Waals surface area contributed by atoms with Gasteiger partial charge < -0.3 is 15.7 Å². The minimum Gasteiger partial charge on any atom is -0.394 e. The van der Waals surface area contributed by atoms with E-state index >= 15 is 0 Å². The lowest BCUT2D eigenvalue weighted by atomic mass is 10.2. The molecule has 20 heavy (non-hydrogen) atoms. The molecule has 0 aliphatic heterocycles. The predicted molar refractivity (Wildman–Crippen MR) is 82.3 cm³/mol. The third-order valence-electron chi connectivity index (χ3n) is 3.76. The molecular formula is C15H26N4O. The summed E-state index contributed by atoms with van der Waals surface area (Å²) in [5, 5.41) is 16.3. The molecular weight excluding hydrogens is 252 g/mol. The molecule has 0 amide bonds. The number of hydrogen-bond acceptors (Lipinski definition) is 5. The summed E-state index contributed by atoms with van der Waals surface area (Å²) in [4.78, 5) is 9.26. The molecule has 1 saturated carbocycles. The van der Waals surface area contributed by atoms with Crippen LogP contribution in [-0.2, 0) is 0 Å². The fourth-order valence-corrected chi connectivity index (χ4v) is 2.05. The van der Waals surface area contributed by atoms with E-state index in [-0.39, 0.29) is 18.1 Å². The highest BCUT2D eigenvalue weighted by atomic mass is 16.3. The first-order chi connectivity index (χ1) is 9.51. The lowest BCUT2D eigenvalue weighted by Crippen LogP contribution is -2.27. The largest absolute Gasteiger partial charge is 0.394 e. The molecule has 0 unspecified atom stereocenters. The van der Waals surface area contributed by atoms with E-state index in [4.69, 9.17) is 0 Å². The molecule has 112 valence electrons. The Balaban J connectivity index is 2.30. The van der Waals surface area contributed by atoms with Crippen molar-refractivity contribution < 1.29 is 5.11 Å². The summed E-state index contributed by atoms with van der Waals surface area (Å²) in [6.07, 6.45) is 3.06. The lowest BCUT2D eigenvalue weighted by Gasteiger charge is -2.20. The number of anilines is 2. The van der Waals surface area contributed by atoms with Crippen LogP contribution in [0.15, 0.2) is 0 Å². The normalized spacial score (nSPS) is 16.3. The van der Waals surface area contributed by atoms with Gasteiger partial charge in [-0.05, 0) is 26.2 Å². The second-order valence-corrected chi connectivity index (χ2v) is 6.05. The number of hydrogen-bond donors (Lipinski definition) is 3. The predicted octanol–water partition coefficient (Wildman–Crippen LogP) is 2.67. The van der Waals surface area contributed by atoms with Gasteiger partial charge in [0.05, 0.1) is 12.1 Å². The minimum absolute atomic E-state index is 0.157. The first-order valence-corrected chi connectivity index (χ1v) is 7.53. The van der Waals surface area contributed by atoms with Crippen molar-refractivity contribution in [2.45, 2.75) is 58.4 Å². The van der Waals surface area contributed by atoms with Crippen molar-refractivity contribution in [3.8, 4) is 0 Å². The highest BCUT2D eigenvalue weighted by Crippen LogP contribution is 2.39. The van der Waals surface area contributed by atoms with Crippen LogP contribution in [-0.4, -0.2) is 33.8 Å². The van der Waals surface area contributed by atoms with Crippen molar-refractivity contribution in [3.05, 3.63) is 11.4 Å². The molecule has 5 heteroatoms. The van der Waals surface area contributed by atoms with Crippen LogP contribution in [0.3, 0.4) is 0 Å². The Hall–Kier alpha value is -1.36. The van der Waals surface area contributed by atoms with Crippen LogP contribution in [0.2, 0.25) is 0 Å². The molecule has 0 aromatic carbocycles. The highest BCUT2D eigenvalue weighted by molar-refractivity contribution is 5.59. The molecule has 5 nitrogen and oxygen atoms in total. The van der Waals surface area contributed by atoms with Crippen molar-refractivity contribution in [1.82, 2.24) is 9.97 Å². The van der Waals surface area contributed by atoms with E-state index in [0.717, 1.165) is 48.8 Å². The SMILES string of the molecule is CCCNc1nc(C(C)C)nc(NC2(CO)CC2)c1C. The molecule has 3 N–H and O–H groups in total. The van der Waals surface area contributed by atoms with Crippen LogP contribution in [0.4, 0.5) is 11.6 Å². The van der Waals surface area contributed by atoms with Gasteiger partial charge in [-0.1, -0.05) is 20.8 Å². The minimum atomic E-state index is -0.157. The zero-order valence-corrected chi connectivity index (χ0v) is 13.0. The lowest BCUT2D eigenvalue weighted by molar-refractivity contribution is 0.266. The topological polar surface area (TPSA) is 70.1 Å². The van der Waals surface area contributed by atoms with Gasteiger partial charge in [-0.15, -0.1) is 0 Å². The van der Waals surface area contributed by atoms with Gasteiger partial charge in [0.2, 0.25) is 0 Å². The summed E-state index contributed by atoms with van der Waals surface area (Å²) in [6, 6.07) is 0. The molecule has 1 aliphatic rings. The summed E-state index contributed by atoms with van der Waals surface area (Å²) in [5.41, 5.74) is 0.873. The zero-order chi connectivity index (χ0) is 14.8. The highest BCUT2D eigenvalue weighted by Gasteiger charge is 2.42. The number of aliphatic hydroxyl groups is 1. The molecule has 1 aromatic heterocycles. The molecule has 1 fully saturated rings. The smallest absolute Gasteiger partial charge is 0.135 e. The Morgan fingerprint density at radius 1 is 1.25 bits per heavy atom. The van der Waals surface area contributed by atoms with Gasteiger partial charge >= 0.3 is 0 Å². The number of aromatic nitrogens is 2. The van der Waals surface area contributed by atoms with E-state index in [1.54, 1.807) is 0 Å². The van der Waals surface area contributed by atoms with E-state index in [0.29, 0.717) is 0 Å². The maximum Gasteiger partial charge on any atom is 0.135 e. The molecule has 1 aromatic rings. The van der Waals surface area contributed by atoms with Crippen LogP contribution in [0.5, 0.6) is 0 Å². The van der Waals surface area contributed by atoms with E-state index < -0.39 is 0 Å². The van der Waals surface area contributed by atoms with Crippen LogP contribution < -0.4 is 10.6 Å². The van der Waals surface area contributed by atoms with Crippen LogP contribution in [0.1, 0.15) is 57.3 Å². The molecule has 1 heterocycles. The first-order valence-electron chi connectivity index (χ1n) is 7.53. The number of nitrogens with one attached hydrogen (secondary N) is 2. The van der Waals surface area contributed by atoms with Gasteiger partial charge in [0.15, 0.2) is 0 Å². The third kappa shape index (κ3) is 3.20. The summed E-state index contributed by atoms with van der Waals surface area (Å²) in [7, 11) is 0. The van der Waals surface area contributed by atoms with Crippen molar-refractivity contribution >= 4 is 11.6 Å². The monoisotopic (exact) mass is 278 g/mol. The van der Waals surface area contributed by atoms with Gasteiger partial charge in [-0.3, -0.25) is 0 Å². The van der Waals surface area contributed by atoms with Crippen LogP contribution in [0, 0.1) is 6.92 Å². The van der Waals surface area contributed by atoms with Crippen molar-refractivity contribution in [1.29, 1.82) is 0 Å². The molecule has 0 bridgehead atoms. The van der Waals surface area contributed by atoms with Gasteiger partial charge in [0, 0.05) is 18.0 Å². The Morgan fingerprint density at radius 2 is 1.90 bits per heavy atom. The summed E-state index contributed by atoms with van der Waals surface area (Å²) < 4.78 is 0. The van der Waals surface area contributed by atoms with Gasteiger partial charge in [-0.25, -0.2) is 9.97 Å². The quantitative estimate of drug-likeness (QED) is 0.715. The van der Waals surface area contributed by atoms with Crippen LogP contribution in [0.25, 0.3) is 0 Å². The third-order valence-corrected chi connectivity index (χ3v) is 3.76. The molecule has 0 spiro atoms. The van der Waals surface area contributed by atoms with Gasteiger partial charge in [0.25, 0.3) is 0 Å². The van der Waals surface area contributed by atoms with Crippen molar-refractivity contribution in [2.75, 3.05) is 23.8 Å².